The van der Waals surface area contributed by atoms with Gasteiger partial charge < -0.3 is 5.32 Å². The van der Waals surface area contributed by atoms with E-state index >= 15 is 0 Å². The summed E-state index contributed by atoms with van der Waals surface area (Å²) in [4.78, 5) is 12.3. The average molecular weight is 361 g/mol. The van der Waals surface area contributed by atoms with Crippen molar-refractivity contribution in [3.05, 3.63) is 38.9 Å². The van der Waals surface area contributed by atoms with E-state index in [0.717, 1.165) is 13.1 Å². The van der Waals surface area contributed by atoms with Gasteiger partial charge in [-0.05, 0) is 11.6 Å². The van der Waals surface area contributed by atoms with Gasteiger partial charge in [0.25, 0.3) is 5.69 Å². The smallest absolute Gasteiger partial charge is 0.269 e. The molecule has 21 heavy (non-hydrogen) atoms. The fourth-order valence-electron chi connectivity index (χ4n) is 2.27. The maximum atomic E-state index is 13.4. The SMILES string of the molecule is Cl.Cl.O=[N+]([O-])c1ccc(Cl)c([C@@H](CF)N2CCNCC2)c1. The molecular weight excluding hydrogens is 344 g/mol. The molecule has 1 atom stereocenters. The van der Waals surface area contributed by atoms with Crippen LogP contribution >= 0.6 is 36.4 Å². The zero-order valence-electron chi connectivity index (χ0n) is 11.1. The van der Waals surface area contributed by atoms with Crippen LogP contribution in [-0.4, -0.2) is 42.7 Å². The predicted molar refractivity (Wildman–Crippen MR) is 85.8 cm³/mol. The predicted octanol–water partition coefficient (Wildman–Crippen LogP) is 3.01. The Morgan fingerprint density at radius 1 is 1.38 bits per heavy atom. The largest absolute Gasteiger partial charge is 0.314 e. The summed E-state index contributed by atoms with van der Waals surface area (Å²) in [6.45, 7) is 2.36. The van der Waals surface area contributed by atoms with Crippen LogP contribution < -0.4 is 5.32 Å². The van der Waals surface area contributed by atoms with Crippen molar-refractivity contribution in [1.82, 2.24) is 10.2 Å². The molecular formula is C12H17Cl3FN3O2. The van der Waals surface area contributed by atoms with Crippen molar-refractivity contribution in [2.75, 3.05) is 32.9 Å². The van der Waals surface area contributed by atoms with Gasteiger partial charge in [-0.25, -0.2) is 4.39 Å². The summed E-state index contributed by atoms with van der Waals surface area (Å²) in [7, 11) is 0. The minimum atomic E-state index is -0.610. The molecule has 1 aliphatic heterocycles. The van der Waals surface area contributed by atoms with Gasteiger partial charge >= 0.3 is 0 Å². The second-order valence-electron chi connectivity index (χ2n) is 4.42. The first kappa shape index (κ1) is 20.3. The minimum Gasteiger partial charge on any atom is -0.314 e. The lowest BCUT2D eigenvalue weighted by Crippen LogP contribution is -2.45. The van der Waals surface area contributed by atoms with Crippen molar-refractivity contribution in [1.29, 1.82) is 0 Å². The number of nitrogens with zero attached hydrogens (tertiary/aromatic N) is 2. The third-order valence-electron chi connectivity index (χ3n) is 3.29. The number of alkyl halides is 1. The first-order chi connectivity index (χ1) is 9.13. The molecule has 1 aromatic rings. The van der Waals surface area contributed by atoms with Gasteiger partial charge in [0, 0.05) is 43.3 Å². The number of hydrogen-bond donors (Lipinski definition) is 1. The molecule has 1 aliphatic rings. The lowest BCUT2D eigenvalue weighted by atomic mass is 10.0. The molecule has 1 fully saturated rings. The van der Waals surface area contributed by atoms with Crippen LogP contribution in [0.4, 0.5) is 10.1 Å². The van der Waals surface area contributed by atoms with Crippen LogP contribution in [0, 0.1) is 10.1 Å². The highest BCUT2D eigenvalue weighted by atomic mass is 35.5. The van der Waals surface area contributed by atoms with Crippen molar-refractivity contribution in [3.8, 4) is 0 Å². The van der Waals surface area contributed by atoms with Gasteiger partial charge in [0.2, 0.25) is 0 Å². The Bertz CT molecular complexity index is 473. The summed E-state index contributed by atoms with van der Waals surface area (Å²) in [5.74, 6) is 0. The Labute approximate surface area is 139 Å². The van der Waals surface area contributed by atoms with Gasteiger partial charge in [0.15, 0.2) is 0 Å². The first-order valence-electron chi connectivity index (χ1n) is 6.08. The fraction of sp³-hybridized carbons (Fsp3) is 0.500. The molecule has 0 bridgehead atoms. The van der Waals surface area contributed by atoms with Crippen LogP contribution in [0.3, 0.4) is 0 Å². The molecule has 1 aromatic carbocycles. The van der Waals surface area contributed by atoms with E-state index in [0.29, 0.717) is 23.7 Å². The summed E-state index contributed by atoms with van der Waals surface area (Å²) in [5, 5.41) is 14.3. The number of nitro groups is 1. The van der Waals surface area contributed by atoms with Gasteiger partial charge in [0.1, 0.15) is 6.67 Å². The molecule has 0 aromatic heterocycles. The summed E-state index contributed by atoms with van der Waals surface area (Å²) in [6, 6.07) is 3.64. The normalized spacial score (nSPS) is 16.5. The van der Waals surface area contributed by atoms with Crippen molar-refractivity contribution < 1.29 is 9.31 Å². The van der Waals surface area contributed by atoms with E-state index in [1.165, 1.54) is 18.2 Å². The number of halogens is 4. The van der Waals surface area contributed by atoms with E-state index < -0.39 is 17.6 Å². The van der Waals surface area contributed by atoms with E-state index in [4.69, 9.17) is 11.6 Å². The van der Waals surface area contributed by atoms with Crippen molar-refractivity contribution in [2.24, 2.45) is 0 Å². The lowest BCUT2D eigenvalue weighted by Gasteiger charge is -2.33. The maximum absolute atomic E-state index is 13.4. The molecule has 1 heterocycles. The molecule has 1 N–H and O–H groups in total. The van der Waals surface area contributed by atoms with Crippen LogP contribution in [0.15, 0.2) is 18.2 Å². The standard InChI is InChI=1S/C12H15ClFN3O2.2ClH/c13-11-2-1-9(17(18)19)7-10(11)12(8-14)16-5-3-15-4-6-16;;/h1-2,7,12,15H,3-6,8H2;2*1H/t12-;;/m1../s1. The van der Waals surface area contributed by atoms with E-state index in [1.807, 2.05) is 4.90 Å². The third kappa shape index (κ3) is 4.93. The Kier molecular flexibility index (Phi) is 9.08. The molecule has 0 amide bonds. The fourth-order valence-corrected chi connectivity index (χ4v) is 2.51. The Balaban J connectivity index is 0.00000200. The topological polar surface area (TPSA) is 58.4 Å². The highest BCUT2D eigenvalue weighted by molar-refractivity contribution is 6.31. The van der Waals surface area contributed by atoms with E-state index in [9.17, 15) is 14.5 Å². The summed E-state index contributed by atoms with van der Waals surface area (Å²) >= 11 is 6.06. The summed E-state index contributed by atoms with van der Waals surface area (Å²) in [5.41, 5.74) is 0.424. The highest BCUT2D eigenvalue weighted by Gasteiger charge is 2.25. The number of hydrogen-bond acceptors (Lipinski definition) is 4. The van der Waals surface area contributed by atoms with Crippen LogP contribution in [-0.2, 0) is 0 Å². The number of benzene rings is 1. The molecule has 0 unspecified atom stereocenters. The summed E-state index contributed by atoms with van der Waals surface area (Å²) in [6.07, 6.45) is 0. The number of piperazine rings is 1. The highest BCUT2D eigenvalue weighted by Crippen LogP contribution is 2.31. The van der Waals surface area contributed by atoms with E-state index in [2.05, 4.69) is 5.32 Å². The molecule has 2 rings (SSSR count). The number of rotatable bonds is 4. The van der Waals surface area contributed by atoms with Crippen LogP contribution in [0.2, 0.25) is 5.02 Å². The van der Waals surface area contributed by atoms with Crippen LogP contribution in [0.1, 0.15) is 11.6 Å². The monoisotopic (exact) mass is 359 g/mol. The average Bonchev–Trinajstić information content (AvgIpc) is 2.42. The molecule has 0 saturated carbocycles. The zero-order chi connectivity index (χ0) is 13.8. The Hall–Kier alpha value is -0.660. The molecule has 1 saturated heterocycles. The number of nitrogens with one attached hydrogen (secondary N) is 1. The first-order valence-corrected chi connectivity index (χ1v) is 6.46. The third-order valence-corrected chi connectivity index (χ3v) is 3.63. The van der Waals surface area contributed by atoms with Crippen LogP contribution in [0.25, 0.3) is 0 Å². The maximum Gasteiger partial charge on any atom is 0.269 e. The van der Waals surface area contributed by atoms with E-state index in [1.54, 1.807) is 0 Å². The molecule has 0 radical (unpaired) electrons. The summed E-state index contributed by atoms with van der Waals surface area (Å²) < 4.78 is 13.4. The van der Waals surface area contributed by atoms with Gasteiger partial charge in [-0.3, -0.25) is 15.0 Å². The minimum absolute atomic E-state index is 0. The zero-order valence-corrected chi connectivity index (χ0v) is 13.5. The molecule has 5 nitrogen and oxygen atoms in total. The molecule has 0 spiro atoms. The van der Waals surface area contributed by atoms with Crippen LogP contribution in [0.5, 0.6) is 0 Å². The van der Waals surface area contributed by atoms with Crippen molar-refractivity contribution >= 4 is 42.1 Å². The van der Waals surface area contributed by atoms with Gasteiger partial charge in [0.05, 0.1) is 11.0 Å². The lowest BCUT2D eigenvalue weighted by molar-refractivity contribution is -0.385. The molecule has 120 valence electrons. The van der Waals surface area contributed by atoms with Gasteiger partial charge in [-0.15, -0.1) is 24.8 Å². The quantitative estimate of drug-likeness (QED) is 0.662. The Morgan fingerprint density at radius 2 is 2.00 bits per heavy atom. The van der Waals surface area contributed by atoms with E-state index in [-0.39, 0.29) is 30.5 Å². The van der Waals surface area contributed by atoms with Gasteiger partial charge in [-0.1, -0.05) is 11.6 Å². The molecule has 0 aliphatic carbocycles. The molecule has 9 heteroatoms. The van der Waals surface area contributed by atoms with Crippen molar-refractivity contribution in [3.63, 3.8) is 0 Å². The second-order valence-corrected chi connectivity index (χ2v) is 4.83. The van der Waals surface area contributed by atoms with Crippen molar-refractivity contribution in [2.45, 2.75) is 6.04 Å². The van der Waals surface area contributed by atoms with Gasteiger partial charge in [-0.2, -0.15) is 0 Å². The Morgan fingerprint density at radius 3 is 2.52 bits per heavy atom. The second kappa shape index (κ2) is 9.38. The number of nitro benzene ring substituents is 1. The number of non-ortho nitro benzene ring substituents is 1.